The van der Waals surface area contributed by atoms with Gasteiger partial charge in [0, 0.05) is 22.8 Å². The number of aryl methyl sites for hydroxylation is 2. The third kappa shape index (κ3) is 2.68. The van der Waals surface area contributed by atoms with Gasteiger partial charge in [-0.2, -0.15) is 0 Å². The molecule has 1 fully saturated rings. The summed E-state index contributed by atoms with van der Waals surface area (Å²) < 4.78 is 0. The predicted octanol–water partition coefficient (Wildman–Crippen LogP) is 4.40. The van der Waals surface area contributed by atoms with Crippen LogP contribution in [0.5, 0.6) is 0 Å². The molecular formula is C18H21NS. The first kappa shape index (κ1) is 12.6. The Kier molecular flexibility index (Phi) is 3.37. The first-order valence-electron chi connectivity index (χ1n) is 7.78. The highest BCUT2D eigenvalue weighted by Gasteiger charge is 2.23. The maximum absolute atomic E-state index is 3.60. The van der Waals surface area contributed by atoms with Gasteiger partial charge < -0.3 is 5.32 Å². The topological polar surface area (TPSA) is 12.0 Å². The Morgan fingerprint density at radius 1 is 1.10 bits per heavy atom. The molecule has 0 atom stereocenters. The van der Waals surface area contributed by atoms with Gasteiger partial charge in [-0.05, 0) is 60.8 Å². The molecule has 2 aliphatic rings. The van der Waals surface area contributed by atoms with Crippen LogP contribution < -0.4 is 5.32 Å². The highest BCUT2D eigenvalue weighted by molar-refractivity contribution is 7.12. The van der Waals surface area contributed by atoms with E-state index in [0.29, 0.717) is 0 Å². The molecule has 1 aromatic heterocycles. The lowest BCUT2D eigenvalue weighted by atomic mass is 10.1. The second kappa shape index (κ2) is 5.34. The summed E-state index contributed by atoms with van der Waals surface area (Å²) in [5.41, 5.74) is 4.58. The Bertz CT molecular complexity index is 588. The van der Waals surface area contributed by atoms with Crippen LogP contribution in [-0.4, -0.2) is 0 Å². The molecule has 2 aromatic rings. The van der Waals surface area contributed by atoms with E-state index < -0.39 is 0 Å². The van der Waals surface area contributed by atoms with Crippen LogP contribution in [-0.2, 0) is 25.9 Å². The summed E-state index contributed by atoms with van der Waals surface area (Å²) in [6, 6.07) is 11.5. The van der Waals surface area contributed by atoms with Crippen LogP contribution in [0.3, 0.4) is 0 Å². The minimum Gasteiger partial charge on any atom is -0.308 e. The molecule has 1 saturated carbocycles. The van der Waals surface area contributed by atoms with Crippen molar-refractivity contribution in [1.82, 2.24) is 5.32 Å². The van der Waals surface area contributed by atoms with Gasteiger partial charge in [0.15, 0.2) is 0 Å². The molecule has 0 bridgehead atoms. The van der Waals surface area contributed by atoms with Crippen LogP contribution in [0.15, 0.2) is 30.3 Å². The van der Waals surface area contributed by atoms with Gasteiger partial charge in [-0.25, -0.2) is 0 Å². The minimum atomic E-state index is 0.857. The number of fused-ring (bicyclic) bond motifs is 1. The lowest BCUT2D eigenvalue weighted by Crippen LogP contribution is -2.11. The molecule has 0 radical (unpaired) electrons. The molecular weight excluding hydrogens is 262 g/mol. The summed E-state index contributed by atoms with van der Waals surface area (Å²) in [4.78, 5) is 3.14. The van der Waals surface area contributed by atoms with Crippen molar-refractivity contribution in [3.05, 3.63) is 56.8 Å². The van der Waals surface area contributed by atoms with Crippen LogP contribution in [0.4, 0.5) is 0 Å². The van der Waals surface area contributed by atoms with E-state index in [2.05, 4.69) is 35.6 Å². The van der Waals surface area contributed by atoms with E-state index >= 15 is 0 Å². The number of benzene rings is 1. The standard InChI is InChI=1S/C18H21NS/c1-3-13(9-15(4-1)14-7-8-14)11-19-12-17-10-16-5-2-6-18(16)20-17/h1,3-4,9-10,14,19H,2,5-8,11-12H2. The van der Waals surface area contributed by atoms with Crippen molar-refractivity contribution in [1.29, 1.82) is 0 Å². The number of hydrogen-bond donors (Lipinski definition) is 1. The Hall–Kier alpha value is -1.12. The number of thiophene rings is 1. The monoisotopic (exact) mass is 283 g/mol. The zero-order valence-electron chi connectivity index (χ0n) is 11.8. The average molecular weight is 283 g/mol. The molecule has 0 saturated heterocycles. The van der Waals surface area contributed by atoms with E-state index in [4.69, 9.17) is 0 Å². The van der Waals surface area contributed by atoms with Crippen LogP contribution in [0, 0.1) is 0 Å². The lowest BCUT2D eigenvalue weighted by molar-refractivity contribution is 0.699. The van der Waals surface area contributed by atoms with E-state index in [-0.39, 0.29) is 0 Å². The fourth-order valence-corrected chi connectivity index (χ4v) is 4.41. The van der Waals surface area contributed by atoms with E-state index in [1.807, 2.05) is 11.3 Å². The Labute approximate surface area is 125 Å². The van der Waals surface area contributed by atoms with E-state index in [1.165, 1.54) is 42.5 Å². The Morgan fingerprint density at radius 2 is 2.05 bits per heavy atom. The highest BCUT2D eigenvalue weighted by Crippen LogP contribution is 2.40. The zero-order valence-corrected chi connectivity index (χ0v) is 12.6. The Balaban J connectivity index is 1.34. The molecule has 104 valence electrons. The quantitative estimate of drug-likeness (QED) is 0.857. The summed E-state index contributed by atoms with van der Waals surface area (Å²) in [5.74, 6) is 0.857. The lowest BCUT2D eigenvalue weighted by Gasteiger charge is -2.06. The van der Waals surface area contributed by atoms with Gasteiger partial charge in [0.2, 0.25) is 0 Å². The average Bonchev–Trinajstić information content (AvgIpc) is 3.10. The normalized spacial score (nSPS) is 17.4. The molecule has 2 aliphatic carbocycles. The molecule has 20 heavy (non-hydrogen) atoms. The highest BCUT2D eigenvalue weighted by atomic mass is 32.1. The van der Waals surface area contributed by atoms with Gasteiger partial charge in [0.1, 0.15) is 0 Å². The summed E-state index contributed by atoms with van der Waals surface area (Å²) in [5, 5.41) is 3.60. The Morgan fingerprint density at radius 3 is 2.90 bits per heavy atom. The summed E-state index contributed by atoms with van der Waals surface area (Å²) in [7, 11) is 0. The third-order valence-corrected chi connectivity index (χ3v) is 5.66. The van der Waals surface area contributed by atoms with Crippen LogP contribution in [0.2, 0.25) is 0 Å². The van der Waals surface area contributed by atoms with Crippen LogP contribution >= 0.6 is 11.3 Å². The fraction of sp³-hybridized carbons (Fsp3) is 0.444. The predicted molar refractivity (Wildman–Crippen MR) is 85.3 cm³/mol. The molecule has 4 rings (SSSR count). The molecule has 0 aliphatic heterocycles. The molecule has 1 heterocycles. The fourth-order valence-electron chi connectivity index (χ4n) is 3.18. The summed E-state index contributed by atoms with van der Waals surface area (Å²) in [6.45, 7) is 2.01. The third-order valence-electron chi connectivity index (χ3n) is 4.43. The molecule has 0 amide bonds. The van der Waals surface area contributed by atoms with Crippen molar-refractivity contribution in [3.63, 3.8) is 0 Å². The van der Waals surface area contributed by atoms with Gasteiger partial charge >= 0.3 is 0 Å². The van der Waals surface area contributed by atoms with Crippen LogP contribution in [0.1, 0.15) is 51.6 Å². The summed E-state index contributed by atoms with van der Waals surface area (Å²) >= 11 is 2.01. The van der Waals surface area contributed by atoms with Crippen molar-refractivity contribution in [3.8, 4) is 0 Å². The SMILES string of the molecule is c1cc(CNCc2cc3c(s2)CCC3)cc(C2CC2)c1. The van der Waals surface area contributed by atoms with E-state index in [1.54, 1.807) is 16.0 Å². The minimum absolute atomic E-state index is 0.857. The van der Waals surface area contributed by atoms with Gasteiger partial charge in [-0.1, -0.05) is 24.3 Å². The molecule has 0 spiro atoms. The van der Waals surface area contributed by atoms with Crippen LogP contribution in [0.25, 0.3) is 0 Å². The number of hydrogen-bond acceptors (Lipinski definition) is 2. The number of rotatable bonds is 5. The van der Waals surface area contributed by atoms with Crippen molar-refractivity contribution in [2.75, 3.05) is 0 Å². The molecule has 1 N–H and O–H groups in total. The molecule has 2 heteroatoms. The molecule has 1 nitrogen and oxygen atoms in total. The largest absolute Gasteiger partial charge is 0.308 e. The maximum atomic E-state index is 3.60. The number of nitrogens with one attached hydrogen (secondary N) is 1. The van der Waals surface area contributed by atoms with Gasteiger partial charge in [0.25, 0.3) is 0 Å². The first-order chi connectivity index (χ1) is 9.88. The molecule has 0 unspecified atom stereocenters. The molecule has 1 aromatic carbocycles. The van der Waals surface area contributed by atoms with Gasteiger partial charge in [-0.15, -0.1) is 11.3 Å². The maximum Gasteiger partial charge on any atom is 0.0303 e. The first-order valence-corrected chi connectivity index (χ1v) is 8.60. The van der Waals surface area contributed by atoms with Gasteiger partial charge in [0.05, 0.1) is 0 Å². The van der Waals surface area contributed by atoms with Crippen molar-refractivity contribution in [2.45, 2.75) is 51.1 Å². The van der Waals surface area contributed by atoms with Crippen molar-refractivity contribution >= 4 is 11.3 Å². The van der Waals surface area contributed by atoms with Crippen molar-refractivity contribution < 1.29 is 0 Å². The van der Waals surface area contributed by atoms with Crippen molar-refractivity contribution in [2.24, 2.45) is 0 Å². The van der Waals surface area contributed by atoms with E-state index in [0.717, 1.165) is 19.0 Å². The summed E-state index contributed by atoms with van der Waals surface area (Å²) in [6.07, 6.45) is 6.75. The van der Waals surface area contributed by atoms with E-state index in [9.17, 15) is 0 Å². The van der Waals surface area contributed by atoms with Gasteiger partial charge in [-0.3, -0.25) is 0 Å². The second-order valence-electron chi connectivity index (χ2n) is 6.14. The second-order valence-corrected chi connectivity index (χ2v) is 7.36. The smallest absolute Gasteiger partial charge is 0.0303 e. The zero-order chi connectivity index (χ0) is 13.4.